The molecule has 0 saturated heterocycles. The lowest BCUT2D eigenvalue weighted by Gasteiger charge is -2.34. The summed E-state index contributed by atoms with van der Waals surface area (Å²) >= 11 is 18.8. The van der Waals surface area contributed by atoms with Gasteiger partial charge in [-0.15, -0.1) is 0 Å². The number of nitrogens with one attached hydrogen (secondary N) is 1. The third-order valence-corrected chi connectivity index (χ3v) is 10.5. The van der Waals surface area contributed by atoms with Crippen LogP contribution in [0, 0.1) is 13.8 Å². The van der Waals surface area contributed by atoms with Gasteiger partial charge in [0, 0.05) is 24.5 Å². The van der Waals surface area contributed by atoms with E-state index in [1.54, 1.807) is 55.5 Å². The highest BCUT2D eigenvalue weighted by molar-refractivity contribution is 7.92. The zero-order chi connectivity index (χ0) is 34.1. The van der Waals surface area contributed by atoms with Crippen molar-refractivity contribution in [3.8, 4) is 0 Å². The molecule has 11 heteroatoms. The number of anilines is 1. The van der Waals surface area contributed by atoms with Gasteiger partial charge in [0.1, 0.15) is 12.6 Å². The minimum absolute atomic E-state index is 0.0214. The number of carbonyl (C=O) groups is 2. The number of nitrogens with zero attached hydrogens (tertiary/aromatic N) is 2. The molecule has 47 heavy (non-hydrogen) atoms. The minimum Gasteiger partial charge on any atom is -0.354 e. The molecule has 0 unspecified atom stereocenters. The summed E-state index contributed by atoms with van der Waals surface area (Å²) < 4.78 is 29.6. The molecular weight excluding hydrogens is 677 g/mol. The van der Waals surface area contributed by atoms with Gasteiger partial charge in [-0.1, -0.05) is 102 Å². The lowest BCUT2D eigenvalue weighted by atomic mass is 10.0. The topological polar surface area (TPSA) is 86.8 Å². The SMILES string of the molecule is CCCCNC(=O)[C@@H](Cc1ccccc1)N(Cc1ccc(Cl)c(Cl)c1)C(=O)CN(c1ccc(Cl)cc1C)S(=O)(=O)c1ccc(C)cc1. The first-order chi connectivity index (χ1) is 22.4. The Kier molecular flexibility index (Phi) is 12.7. The van der Waals surface area contributed by atoms with Gasteiger partial charge < -0.3 is 10.2 Å². The molecule has 4 rings (SSSR count). The van der Waals surface area contributed by atoms with Crippen LogP contribution >= 0.6 is 34.8 Å². The predicted molar refractivity (Wildman–Crippen MR) is 191 cm³/mol. The Labute approximate surface area is 292 Å². The molecule has 7 nitrogen and oxygen atoms in total. The van der Waals surface area contributed by atoms with E-state index in [0.29, 0.717) is 38.4 Å². The third kappa shape index (κ3) is 9.51. The van der Waals surface area contributed by atoms with Crippen LogP contribution in [0.3, 0.4) is 0 Å². The number of halogens is 3. The molecule has 248 valence electrons. The van der Waals surface area contributed by atoms with Gasteiger partial charge >= 0.3 is 0 Å². The molecule has 0 heterocycles. The quantitative estimate of drug-likeness (QED) is 0.134. The Hall–Kier alpha value is -3.56. The van der Waals surface area contributed by atoms with E-state index in [2.05, 4.69) is 5.32 Å². The van der Waals surface area contributed by atoms with Crippen molar-refractivity contribution < 1.29 is 18.0 Å². The second kappa shape index (κ2) is 16.5. The summed E-state index contributed by atoms with van der Waals surface area (Å²) in [5, 5.41) is 4.05. The Morgan fingerprint density at radius 1 is 0.830 bits per heavy atom. The normalized spacial score (nSPS) is 12.0. The fourth-order valence-electron chi connectivity index (χ4n) is 5.14. The molecule has 0 aliphatic heterocycles. The highest BCUT2D eigenvalue weighted by Crippen LogP contribution is 2.30. The summed E-state index contributed by atoms with van der Waals surface area (Å²) in [4.78, 5) is 29.9. The predicted octanol–water partition coefficient (Wildman–Crippen LogP) is 8.02. The first-order valence-electron chi connectivity index (χ1n) is 15.3. The zero-order valence-electron chi connectivity index (χ0n) is 26.5. The first kappa shape index (κ1) is 36.3. The molecule has 0 aromatic heterocycles. The summed E-state index contributed by atoms with van der Waals surface area (Å²) in [5.41, 5.74) is 3.22. The van der Waals surface area contributed by atoms with E-state index in [4.69, 9.17) is 34.8 Å². The number of sulfonamides is 1. The molecule has 0 aliphatic carbocycles. The summed E-state index contributed by atoms with van der Waals surface area (Å²) in [6.45, 7) is 5.46. The van der Waals surface area contributed by atoms with Crippen molar-refractivity contribution in [2.24, 2.45) is 0 Å². The van der Waals surface area contributed by atoms with Crippen LogP contribution in [0.15, 0.2) is 95.9 Å². The molecule has 0 saturated carbocycles. The minimum atomic E-state index is -4.24. The van der Waals surface area contributed by atoms with E-state index in [1.807, 2.05) is 44.2 Å². The highest BCUT2D eigenvalue weighted by atomic mass is 35.5. The second-order valence-electron chi connectivity index (χ2n) is 11.4. The number of hydrogen-bond acceptors (Lipinski definition) is 4. The summed E-state index contributed by atoms with van der Waals surface area (Å²) in [5.74, 6) is -0.918. The van der Waals surface area contributed by atoms with Gasteiger partial charge in [0.25, 0.3) is 10.0 Å². The number of aryl methyl sites for hydroxylation is 2. The molecule has 0 spiro atoms. The molecule has 1 atom stereocenters. The van der Waals surface area contributed by atoms with Crippen molar-refractivity contribution in [3.63, 3.8) is 0 Å². The monoisotopic (exact) mass is 713 g/mol. The van der Waals surface area contributed by atoms with Crippen molar-refractivity contribution in [1.82, 2.24) is 10.2 Å². The van der Waals surface area contributed by atoms with Gasteiger partial charge in [0.15, 0.2) is 0 Å². The van der Waals surface area contributed by atoms with Crippen molar-refractivity contribution >= 4 is 62.3 Å². The summed E-state index contributed by atoms with van der Waals surface area (Å²) in [7, 11) is -4.24. The van der Waals surface area contributed by atoms with E-state index >= 15 is 0 Å². The number of unbranched alkanes of at least 4 members (excludes halogenated alkanes) is 1. The maximum absolute atomic E-state index is 14.6. The molecule has 0 radical (unpaired) electrons. The van der Waals surface area contributed by atoms with Gasteiger partial charge in [0.2, 0.25) is 11.8 Å². The largest absolute Gasteiger partial charge is 0.354 e. The number of hydrogen-bond donors (Lipinski definition) is 1. The van der Waals surface area contributed by atoms with E-state index in [-0.39, 0.29) is 23.8 Å². The van der Waals surface area contributed by atoms with Crippen LogP contribution in [0.25, 0.3) is 0 Å². The van der Waals surface area contributed by atoms with Gasteiger partial charge in [-0.3, -0.25) is 13.9 Å². The molecular formula is C36H38Cl3N3O4S. The van der Waals surface area contributed by atoms with Gasteiger partial charge in [-0.25, -0.2) is 8.42 Å². The van der Waals surface area contributed by atoms with Crippen molar-refractivity contribution in [2.45, 2.75) is 57.5 Å². The molecule has 1 N–H and O–H groups in total. The van der Waals surface area contributed by atoms with Crippen LogP contribution in [0.2, 0.25) is 15.1 Å². The molecule has 0 aliphatic rings. The van der Waals surface area contributed by atoms with Gasteiger partial charge in [0.05, 0.1) is 20.6 Å². The van der Waals surface area contributed by atoms with Crippen LogP contribution in [0.5, 0.6) is 0 Å². The summed E-state index contributed by atoms with van der Waals surface area (Å²) in [6.07, 6.45) is 1.85. The highest BCUT2D eigenvalue weighted by Gasteiger charge is 2.35. The number of rotatable bonds is 14. The summed E-state index contributed by atoms with van der Waals surface area (Å²) in [6, 6.07) is 24.7. The molecule has 4 aromatic carbocycles. The van der Waals surface area contributed by atoms with Crippen molar-refractivity contribution in [3.05, 3.63) is 128 Å². The average Bonchev–Trinajstić information content (AvgIpc) is 3.04. The average molecular weight is 715 g/mol. The van der Waals surface area contributed by atoms with E-state index in [1.165, 1.54) is 17.0 Å². The molecule has 0 fully saturated rings. The van der Waals surface area contributed by atoms with Crippen LogP contribution in [-0.4, -0.2) is 44.3 Å². The van der Waals surface area contributed by atoms with E-state index < -0.39 is 28.5 Å². The lowest BCUT2D eigenvalue weighted by Crippen LogP contribution is -2.53. The fourth-order valence-corrected chi connectivity index (χ4v) is 7.17. The van der Waals surface area contributed by atoms with Crippen molar-refractivity contribution in [1.29, 1.82) is 0 Å². The van der Waals surface area contributed by atoms with E-state index in [0.717, 1.165) is 28.3 Å². The number of amides is 2. The van der Waals surface area contributed by atoms with Gasteiger partial charge in [-0.2, -0.15) is 0 Å². The molecule has 4 aromatic rings. The smallest absolute Gasteiger partial charge is 0.264 e. The standard InChI is InChI=1S/C36H38Cl3N3O4S/c1-4-5-19-40-36(44)34(22-27-9-7-6-8-10-27)41(23-28-13-17-31(38)32(39)21-28)35(43)24-42(33-18-14-29(37)20-26(33)3)47(45,46)30-15-11-25(2)12-16-30/h6-18,20-21,34H,4-5,19,22-24H2,1-3H3,(H,40,44)/t34-/m1/s1. The third-order valence-electron chi connectivity index (χ3n) is 7.75. The number of benzene rings is 4. The Morgan fingerprint density at radius 3 is 2.17 bits per heavy atom. The van der Waals surface area contributed by atoms with Gasteiger partial charge in [-0.05, 0) is 79.4 Å². The van der Waals surface area contributed by atoms with Crippen LogP contribution < -0.4 is 9.62 Å². The maximum atomic E-state index is 14.6. The Balaban J connectivity index is 1.83. The Bertz CT molecular complexity index is 1800. The Morgan fingerprint density at radius 2 is 1.53 bits per heavy atom. The van der Waals surface area contributed by atoms with Crippen LogP contribution in [0.1, 0.15) is 42.0 Å². The molecule has 2 amide bonds. The van der Waals surface area contributed by atoms with Crippen molar-refractivity contribution in [2.75, 3.05) is 17.4 Å². The number of carbonyl (C=O) groups excluding carboxylic acids is 2. The van der Waals surface area contributed by atoms with Crippen LogP contribution in [0.4, 0.5) is 5.69 Å². The van der Waals surface area contributed by atoms with E-state index in [9.17, 15) is 18.0 Å². The maximum Gasteiger partial charge on any atom is 0.264 e. The lowest BCUT2D eigenvalue weighted by molar-refractivity contribution is -0.140. The van der Waals surface area contributed by atoms with Crippen LogP contribution in [-0.2, 0) is 32.6 Å². The first-order valence-corrected chi connectivity index (χ1v) is 17.9. The molecule has 0 bridgehead atoms. The second-order valence-corrected chi connectivity index (χ2v) is 14.5. The zero-order valence-corrected chi connectivity index (χ0v) is 29.6. The fraction of sp³-hybridized carbons (Fsp3) is 0.278.